The summed E-state index contributed by atoms with van der Waals surface area (Å²) in [4.78, 5) is 19.4. The molecule has 1 aliphatic rings. The standard InChI is InChI=1S/C22H15F3N4O2/c23-17-1-2-20-13(3-6-31-20)15(17)10-28-22-27-9-14(21-26-4-5-29(21)22)12-7-18(24)16(11-30)19(25)8-12/h1-2,4-5,7-9,11H,3,6,10H2,(H,27,28). The van der Waals surface area contributed by atoms with E-state index in [9.17, 15) is 18.0 Å². The van der Waals surface area contributed by atoms with E-state index in [0.29, 0.717) is 41.5 Å². The Bertz CT molecular complexity index is 1310. The summed E-state index contributed by atoms with van der Waals surface area (Å²) in [5.41, 5.74) is 1.67. The number of fused-ring (bicyclic) bond motifs is 2. The Morgan fingerprint density at radius 1 is 1.13 bits per heavy atom. The maximum atomic E-state index is 14.4. The fraction of sp³-hybridized carbons (Fsp3) is 0.136. The Morgan fingerprint density at radius 3 is 2.71 bits per heavy atom. The molecule has 1 N–H and O–H groups in total. The summed E-state index contributed by atoms with van der Waals surface area (Å²) in [7, 11) is 0. The molecule has 0 bridgehead atoms. The van der Waals surface area contributed by atoms with Crippen molar-refractivity contribution in [3.8, 4) is 16.9 Å². The maximum absolute atomic E-state index is 14.4. The van der Waals surface area contributed by atoms with Crippen molar-refractivity contribution in [2.45, 2.75) is 13.0 Å². The molecule has 0 amide bonds. The Hall–Kier alpha value is -3.88. The number of halogens is 3. The summed E-state index contributed by atoms with van der Waals surface area (Å²) in [6, 6.07) is 5.12. The SMILES string of the molecule is O=Cc1c(F)cc(-c2cnc(NCc3c(F)ccc4c3CCO4)n3ccnc23)cc1F. The van der Waals surface area contributed by atoms with Gasteiger partial charge in [0.1, 0.15) is 28.8 Å². The summed E-state index contributed by atoms with van der Waals surface area (Å²) in [6.45, 7) is 0.690. The van der Waals surface area contributed by atoms with Crippen molar-refractivity contribution in [2.75, 3.05) is 11.9 Å². The predicted octanol–water partition coefficient (Wildman–Crippen LogP) is 4.17. The Morgan fingerprint density at radius 2 is 1.94 bits per heavy atom. The van der Waals surface area contributed by atoms with Crippen LogP contribution in [0.4, 0.5) is 19.1 Å². The first-order valence-electron chi connectivity index (χ1n) is 9.50. The number of carbonyl (C=O) groups is 1. The third kappa shape index (κ3) is 3.18. The average molecular weight is 424 g/mol. The van der Waals surface area contributed by atoms with E-state index in [4.69, 9.17) is 4.74 Å². The number of nitrogens with one attached hydrogen (secondary N) is 1. The van der Waals surface area contributed by atoms with Gasteiger partial charge in [0.2, 0.25) is 5.95 Å². The molecular weight excluding hydrogens is 409 g/mol. The average Bonchev–Trinajstić information content (AvgIpc) is 3.42. The highest BCUT2D eigenvalue weighted by molar-refractivity contribution is 5.82. The molecule has 0 unspecified atom stereocenters. The zero-order valence-electron chi connectivity index (χ0n) is 16.0. The monoisotopic (exact) mass is 424 g/mol. The van der Waals surface area contributed by atoms with Crippen LogP contribution in [-0.4, -0.2) is 27.3 Å². The van der Waals surface area contributed by atoms with Crippen molar-refractivity contribution in [1.82, 2.24) is 14.4 Å². The fourth-order valence-corrected chi connectivity index (χ4v) is 3.78. The van der Waals surface area contributed by atoms with Gasteiger partial charge in [-0.05, 0) is 29.8 Å². The lowest BCUT2D eigenvalue weighted by atomic mass is 10.0. The molecule has 0 fully saturated rings. The highest BCUT2D eigenvalue weighted by atomic mass is 19.1. The van der Waals surface area contributed by atoms with E-state index in [-0.39, 0.29) is 24.2 Å². The lowest BCUT2D eigenvalue weighted by Gasteiger charge is -2.13. The summed E-state index contributed by atoms with van der Waals surface area (Å²) < 4.78 is 49.7. The molecule has 9 heteroatoms. The fourth-order valence-electron chi connectivity index (χ4n) is 3.78. The van der Waals surface area contributed by atoms with E-state index >= 15 is 0 Å². The van der Waals surface area contributed by atoms with Gasteiger partial charge in [-0.3, -0.25) is 9.20 Å². The summed E-state index contributed by atoms with van der Waals surface area (Å²) in [5, 5.41) is 3.10. The molecule has 2 aromatic carbocycles. The molecule has 156 valence electrons. The van der Waals surface area contributed by atoms with Crippen LogP contribution in [0.15, 0.2) is 42.9 Å². The van der Waals surface area contributed by atoms with Crippen LogP contribution in [0.2, 0.25) is 0 Å². The number of aromatic nitrogens is 3. The summed E-state index contributed by atoms with van der Waals surface area (Å²) in [5.74, 6) is -1.20. The smallest absolute Gasteiger partial charge is 0.208 e. The van der Waals surface area contributed by atoms with E-state index in [1.807, 2.05) is 0 Å². The third-order valence-corrected chi connectivity index (χ3v) is 5.30. The van der Waals surface area contributed by atoms with Crippen molar-refractivity contribution >= 4 is 17.9 Å². The van der Waals surface area contributed by atoms with E-state index in [2.05, 4.69) is 15.3 Å². The molecule has 1 aliphatic heterocycles. The first-order chi connectivity index (χ1) is 15.1. The van der Waals surface area contributed by atoms with Crippen molar-refractivity contribution in [2.24, 2.45) is 0 Å². The van der Waals surface area contributed by atoms with E-state index < -0.39 is 17.2 Å². The molecule has 0 spiro atoms. The molecule has 0 radical (unpaired) electrons. The van der Waals surface area contributed by atoms with Gasteiger partial charge in [-0.1, -0.05) is 0 Å². The van der Waals surface area contributed by atoms with Gasteiger partial charge in [0, 0.05) is 48.2 Å². The van der Waals surface area contributed by atoms with Crippen LogP contribution >= 0.6 is 0 Å². The van der Waals surface area contributed by atoms with Gasteiger partial charge in [-0.15, -0.1) is 0 Å². The molecular formula is C22H15F3N4O2. The normalized spacial score (nSPS) is 12.6. The van der Waals surface area contributed by atoms with Crippen molar-refractivity contribution in [3.63, 3.8) is 0 Å². The summed E-state index contributed by atoms with van der Waals surface area (Å²) in [6.07, 6.45) is 5.34. The zero-order valence-corrected chi connectivity index (χ0v) is 16.0. The number of nitrogens with zero attached hydrogens (tertiary/aromatic N) is 3. The van der Waals surface area contributed by atoms with E-state index in [0.717, 1.165) is 17.7 Å². The van der Waals surface area contributed by atoms with Gasteiger partial charge in [-0.25, -0.2) is 23.1 Å². The lowest BCUT2D eigenvalue weighted by molar-refractivity contribution is 0.111. The van der Waals surface area contributed by atoms with E-state index in [1.165, 1.54) is 18.5 Å². The minimum atomic E-state index is -0.965. The highest BCUT2D eigenvalue weighted by Crippen LogP contribution is 2.31. The number of benzene rings is 2. The van der Waals surface area contributed by atoms with Gasteiger partial charge in [-0.2, -0.15) is 0 Å². The number of carbonyl (C=O) groups excluding carboxylic acids is 1. The molecule has 3 heterocycles. The van der Waals surface area contributed by atoms with Crippen molar-refractivity contribution < 1.29 is 22.7 Å². The third-order valence-electron chi connectivity index (χ3n) is 5.30. The van der Waals surface area contributed by atoms with Crippen molar-refractivity contribution in [1.29, 1.82) is 0 Å². The number of anilines is 1. The molecule has 0 saturated carbocycles. The van der Waals surface area contributed by atoms with Gasteiger partial charge in [0.25, 0.3) is 0 Å². The predicted molar refractivity (Wildman–Crippen MR) is 107 cm³/mol. The Labute approximate surface area is 174 Å². The van der Waals surface area contributed by atoms with Gasteiger partial charge < -0.3 is 10.1 Å². The second kappa shape index (κ2) is 7.42. The number of hydrogen-bond acceptors (Lipinski definition) is 5. The van der Waals surface area contributed by atoms with Gasteiger partial charge >= 0.3 is 0 Å². The van der Waals surface area contributed by atoms with Gasteiger partial charge in [0.05, 0.1) is 12.2 Å². The molecule has 6 nitrogen and oxygen atoms in total. The molecule has 4 aromatic rings. The number of hydrogen-bond donors (Lipinski definition) is 1. The molecule has 5 rings (SSSR count). The number of aldehydes is 1. The highest BCUT2D eigenvalue weighted by Gasteiger charge is 2.20. The minimum absolute atomic E-state index is 0.134. The van der Waals surface area contributed by atoms with Crippen LogP contribution in [0.5, 0.6) is 5.75 Å². The number of imidazole rings is 1. The molecule has 31 heavy (non-hydrogen) atoms. The van der Waals surface area contributed by atoms with Crippen LogP contribution in [0, 0.1) is 17.5 Å². The van der Waals surface area contributed by atoms with Crippen LogP contribution in [-0.2, 0) is 13.0 Å². The topological polar surface area (TPSA) is 68.5 Å². The Balaban J connectivity index is 1.51. The Kier molecular flexibility index (Phi) is 4.58. The van der Waals surface area contributed by atoms with Crippen LogP contribution < -0.4 is 10.1 Å². The second-order valence-corrected chi connectivity index (χ2v) is 7.04. The summed E-state index contributed by atoms with van der Waals surface area (Å²) >= 11 is 0. The largest absolute Gasteiger partial charge is 0.493 e. The van der Waals surface area contributed by atoms with Crippen LogP contribution in [0.1, 0.15) is 21.5 Å². The maximum Gasteiger partial charge on any atom is 0.208 e. The van der Waals surface area contributed by atoms with E-state index in [1.54, 1.807) is 16.7 Å². The minimum Gasteiger partial charge on any atom is -0.493 e. The molecule has 0 aliphatic carbocycles. The number of ether oxygens (including phenoxy) is 1. The first kappa shape index (κ1) is 19.1. The van der Waals surface area contributed by atoms with Crippen LogP contribution in [0.3, 0.4) is 0 Å². The quantitative estimate of drug-likeness (QED) is 0.487. The molecule has 0 atom stereocenters. The van der Waals surface area contributed by atoms with Crippen molar-refractivity contribution in [3.05, 3.63) is 77.0 Å². The first-order valence-corrected chi connectivity index (χ1v) is 9.50. The van der Waals surface area contributed by atoms with Crippen LogP contribution in [0.25, 0.3) is 16.8 Å². The molecule has 2 aromatic heterocycles. The second-order valence-electron chi connectivity index (χ2n) is 7.04. The van der Waals surface area contributed by atoms with Gasteiger partial charge in [0.15, 0.2) is 6.29 Å². The lowest BCUT2D eigenvalue weighted by Crippen LogP contribution is -2.09. The number of rotatable bonds is 5. The molecule has 0 saturated heterocycles. The zero-order chi connectivity index (χ0) is 21.5.